The highest BCUT2D eigenvalue weighted by atomic mass is 32.1. The first-order chi connectivity index (χ1) is 9.99. The van der Waals surface area contributed by atoms with Gasteiger partial charge in [-0.1, -0.05) is 30.4 Å². The van der Waals surface area contributed by atoms with E-state index in [1.165, 1.54) is 4.88 Å². The van der Waals surface area contributed by atoms with Crippen LogP contribution in [0.3, 0.4) is 0 Å². The zero-order valence-corrected chi connectivity index (χ0v) is 13.7. The van der Waals surface area contributed by atoms with Crippen LogP contribution < -0.4 is 5.73 Å². The van der Waals surface area contributed by atoms with E-state index in [2.05, 4.69) is 0 Å². The zero-order chi connectivity index (χ0) is 15.4. The quantitative estimate of drug-likeness (QED) is 0.859. The third kappa shape index (κ3) is 3.89. The maximum atomic E-state index is 12.7. The summed E-state index contributed by atoms with van der Waals surface area (Å²) in [4.78, 5) is 16.0. The Balaban J connectivity index is 2.19. The number of thiocarbonyl (C=S) groups is 1. The molecule has 110 valence electrons. The Hall–Kier alpha value is -1.72. The molecule has 1 aromatic carbocycles. The summed E-state index contributed by atoms with van der Waals surface area (Å²) in [6.45, 7) is 4.68. The molecule has 2 N–H and O–H groups in total. The number of amides is 1. The van der Waals surface area contributed by atoms with Gasteiger partial charge in [-0.15, -0.1) is 11.3 Å². The molecule has 0 aliphatic carbocycles. The van der Waals surface area contributed by atoms with Crippen molar-refractivity contribution in [2.24, 2.45) is 5.73 Å². The second-order valence-electron chi connectivity index (χ2n) is 5.05. The number of rotatable bonds is 5. The van der Waals surface area contributed by atoms with Crippen molar-refractivity contribution in [2.45, 2.75) is 26.4 Å². The van der Waals surface area contributed by atoms with Gasteiger partial charge in [-0.2, -0.15) is 0 Å². The van der Waals surface area contributed by atoms with Crippen LogP contribution in [-0.4, -0.2) is 21.8 Å². The lowest BCUT2D eigenvalue weighted by Crippen LogP contribution is -2.36. The molecule has 1 aromatic heterocycles. The van der Waals surface area contributed by atoms with Gasteiger partial charge in [0.2, 0.25) is 0 Å². The Labute approximate surface area is 134 Å². The molecule has 0 saturated carbocycles. The van der Waals surface area contributed by atoms with Gasteiger partial charge >= 0.3 is 0 Å². The van der Waals surface area contributed by atoms with Crippen molar-refractivity contribution in [2.75, 3.05) is 0 Å². The van der Waals surface area contributed by atoms with Crippen molar-refractivity contribution < 1.29 is 4.79 Å². The SMILES string of the molecule is CC(C)N(Cc1cccs1)C(=O)c1ccc(C(N)=S)cc1. The second kappa shape index (κ2) is 6.83. The molecule has 2 rings (SSSR count). The van der Waals surface area contributed by atoms with Gasteiger partial charge < -0.3 is 10.6 Å². The lowest BCUT2D eigenvalue weighted by molar-refractivity contribution is 0.0692. The van der Waals surface area contributed by atoms with Crippen molar-refractivity contribution >= 4 is 34.5 Å². The molecule has 5 heteroatoms. The Bertz CT molecular complexity index is 618. The summed E-state index contributed by atoms with van der Waals surface area (Å²) < 4.78 is 0. The van der Waals surface area contributed by atoms with Crippen LogP contribution in [-0.2, 0) is 6.54 Å². The van der Waals surface area contributed by atoms with Crippen LogP contribution in [0.4, 0.5) is 0 Å². The van der Waals surface area contributed by atoms with Gasteiger partial charge in [-0.05, 0) is 37.4 Å². The van der Waals surface area contributed by atoms with Crippen LogP contribution in [0.1, 0.15) is 34.6 Å². The number of thiophene rings is 1. The van der Waals surface area contributed by atoms with Crippen LogP contribution in [0.15, 0.2) is 41.8 Å². The Morgan fingerprint density at radius 2 is 1.86 bits per heavy atom. The van der Waals surface area contributed by atoms with Crippen LogP contribution in [0.2, 0.25) is 0 Å². The molecule has 0 unspecified atom stereocenters. The molecule has 0 aliphatic rings. The molecule has 0 fully saturated rings. The molecule has 3 nitrogen and oxygen atoms in total. The van der Waals surface area contributed by atoms with Gasteiger partial charge in [0.1, 0.15) is 4.99 Å². The van der Waals surface area contributed by atoms with E-state index < -0.39 is 0 Å². The summed E-state index contributed by atoms with van der Waals surface area (Å²) in [5.74, 6) is 0.0212. The second-order valence-corrected chi connectivity index (χ2v) is 6.52. The lowest BCUT2D eigenvalue weighted by atomic mass is 10.1. The minimum absolute atomic E-state index is 0.0212. The fourth-order valence-electron chi connectivity index (χ4n) is 2.00. The first-order valence-electron chi connectivity index (χ1n) is 6.72. The Morgan fingerprint density at radius 1 is 1.24 bits per heavy atom. The highest BCUT2D eigenvalue weighted by Crippen LogP contribution is 2.17. The molecular weight excluding hydrogens is 300 g/mol. The van der Waals surface area contributed by atoms with Crippen LogP contribution >= 0.6 is 23.6 Å². The molecule has 0 spiro atoms. The molecule has 0 aliphatic heterocycles. The summed E-state index contributed by atoms with van der Waals surface area (Å²) in [5, 5.41) is 2.02. The smallest absolute Gasteiger partial charge is 0.254 e. The number of hydrogen-bond donors (Lipinski definition) is 1. The van der Waals surface area contributed by atoms with E-state index in [1.54, 1.807) is 35.6 Å². The van der Waals surface area contributed by atoms with Crippen molar-refractivity contribution in [3.63, 3.8) is 0 Å². The monoisotopic (exact) mass is 318 g/mol. The molecule has 1 amide bonds. The van der Waals surface area contributed by atoms with Crippen molar-refractivity contribution in [1.29, 1.82) is 0 Å². The minimum atomic E-state index is 0.0212. The summed E-state index contributed by atoms with van der Waals surface area (Å²) in [6.07, 6.45) is 0. The Kier molecular flexibility index (Phi) is 5.09. The van der Waals surface area contributed by atoms with E-state index in [9.17, 15) is 4.79 Å². The fraction of sp³-hybridized carbons (Fsp3) is 0.250. The molecular formula is C16H18N2OS2. The van der Waals surface area contributed by atoms with Gasteiger partial charge in [-0.25, -0.2) is 0 Å². The number of hydrogen-bond acceptors (Lipinski definition) is 3. The van der Waals surface area contributed by atoms with E-state index >= 15 is 0 Å². The third-order valence-corrected chi connectivity index (χ3v) is 4.30. The average Bonchev–Trinajstić information content (AvgIpc) is 2.97. The number of benzene rings is 1. The highest BCUT2D eigenvalue weighted by Gasteiger charge is 2.19. The third-order valence-electron chi connectivity index (χ3n) is 3.21. The summed E-state index contributed by atoms with van der Waals surface area (Å²) in [6, 6.07) is 11.3. The van der Waals surface area contributed by atoms with E-state index in [-0.39, 0.29) is 11.9 Å². The summed E-state index contributed by atoms with van der Waals surface area (Å²) in [7, 11) is 0. The van der Waals surface area contributed by atoms with E-state index in [0.29, 0.717) is 17.1 Å². The predicted molar refractivity (Wildman–Crippen MR) is 91.7 cm³/mol. The Morgan fingerprint density at radius 3 is 2.33 bits per heavy atom. The van der Waals surface area contributed by atoms with Gasteiger partial charge in [0.25, 0.3) is 5.91 Å². The molecule has 0 bridgehead atoms. The predicted octanol–water partition coefficient (Wildman–Crippen LogP) is 3.43. The van der Waals surface area contributed by atoms with Crippen LogP contribution in [0, 0.1) is 0 Å². The fourth-order valence-corrected chi connectivity index (χ4v) is 2.84. The minimum Gasteiger partial charge on any atom is -0.389 e. The number of nitrogens with two attached hydrogens (primary N) is 1. The normalized spacial score (nSPS) is 10.6. The standard InChI is InChI=1S/C16H18N2OS2/c1-11(2)18(10-14-4-3-9-21-14)16(19)13-7-5-12(6-8-13)15(17)20/h3-9,11H,10H2,1-2H3,(H2,17,20). The number of carbonyl (C=O) groups is 1. The number of nitrogens with zero attached hydrogens (tertiary/aromatic N) is 1. The van der Waals surface area contributed by atoms with Gasteiger partial charge in [0.15, 0.2) is 0 Å². The topological polar surface area (TPSA) is 46.3 Å². The van der Waals surface area contributed by atoms with Crippen molar-refractivity contribution in [3.05, 3.63) is 57.8 Å². The number of carbonyl (C=O) groups excluding carboxylic acids is 1. The maximum Gasteiger partial charge on any atom is 0.254 e. The van der Waals surface area contributed by atoms with Crippen LogP contribution in [0.25, 0.3) is 0 Å². The molecule has 0 saturated heterocycles. The van der Waals surface area contributed by atoms with Crippen molar-refractivity contribution in [1.82, 2.24) is 4.90 Å². The highest BCUT2D eigenvalue weighted by molar-refractivity contribution is 7.80. The van der Waals surface area contributed by atoms with E-state index in [4.69, 9.17) is 18.0 Å². The first kappa shape index (κ1) is 15.7. The molecule has 21 heavy (non-hydrogen) atoms. The average molecular weight is 318 g/mol. The molecule has 1 heterocycles. The molecule has 0 radical (unpaired) electrons. The molecule has 0 atom stereocenters. The summed E-state index contributed by atoms with van der Waals surface area (Å²) in [5.41, 5.74) is 7.00. The van der Waals surface area contributed by atoms with Crippen molar-refractivity contribution in [3.8, 4) is 0 Å². The van der Waals surface area contributed by atoms with E-state index in [0.717, 1.165) is 5.56 Å². The molecule has 2 aromatic rings. The maximum absolute atomic E-state index is 12.7. The van der Waals surface area contributed by atoms with Gasteiger partial charge in [0.05, 0.1) is 6.54 Å². The zero-order valence-electron chi connectivity index (χ0n) is 12.1. The summed E-state index contributed by atoms with van der Waals surface area (Å²) >= 11 is 6.58. The van der Waals surface area contributed by atoms with Gasteiger partial charge in [0, 0.05) is 22.0 Å². The van der Waals surface area contributed by atoms with Crippen LogP contribution in [0.5, 0.6) is 0 Å². The van der Waals surface area contributed by atoms with Gasteiger partial charge in [-0.3, -0.25) is 4.79 Å². The lowest BCUT2D eigenvalue weighted by Gasteiger charge is -2.26. The van der Waals surface area contributed by atoms with E-state index in [1.807, 2.05) is 36.3 Å². The first-order valence-corrected chi connectivity index (χ1v) is 8.01. The largest absolute Gasteiger partial charge is 0.389 e.